The number of hydrogen-bond acceptors (Lipinski definition) is 2. The van der Waals surface area contributed by atoms with Crippen molar-refractivity contribution in [3.05, 3.63) is 0 Å². The van der Waals surface area contributed by atoms with E-state index in [9.17, 15) is 4.79 Å². The van der Waals surface area contributed by atoms with Crippen molar-refractivity contribution in [2.45, 2.75) is 54.4 Å². The Labute approximate surface area is 88.0 Å². The highest BCUT2D eigenvalue weighted by atomic mass is 16.5. The van der Waals surface area contributed by atoms with Crippen LogP contribution in [0.15, 0.2) is 0 Å². The molecule has 0 saturated carbocycles. The lowest BCUT2D eigenvalue weighted by molar-refractivity contribution is -0.157. The molecule has 0 bridgehead atoms. The SMILES string of the molecule is CCC(C)(C)COC(=O)C(C)(C)CC. The summed E-state index contributed by atoms with van der Waals surface area (Å²) in [6, 6.07) is 0. The van der Waals surface area contributed by atoms with Crippen LogP contribution < -0.4 is 0 Å². The first-order valence-electron chi connectivity index (χ1n) is 5.42. The summed E-state index contributed by atoms with van der Waals surface area (Å²) in [5.74, 6) is -0.0819. The van der Waals surface area contributed by atoms with E-state index in [1.54, 1.807) is 0 Å². The fourth-order valence-corrected chi connectivity index (χ4v) is 0.703. The van der Waals surface area contributed by atoms with E-state index in [-0.39, 0.29) is 16.8 Å². The van der Waals surface area contributed by atoms with Gasteiger partial charge < -0.3 is 4.74 Å². The van der Waals surface area contributed by atoms with E-state index in [1.807, 2.05) is 20.8 Å². The molecule has 0 rings (SSSR count). The van der Waals surface area contributed by atoms with Gasteiger partial charge in [-0.1, -0.05) is 27.7 Å². The van der Waals surface area contributed by atoms with Gasteiger partial charge in [-0.2, -0.15) is 0 Å². The van der Waals surface area contributed by atoms with Crippen LogP contribution in [0.5, 0.6) is 0 Å². The standard InChI is InChI=1S/C12H24O2/c1-7-11(3,4)9-14-10(13)12(5,6)8-2/h7-9H2,1-6H3. The third kappa shape index (κ3) is 4.12. The highest BCUT2D eigenvalue weighted by Crippen LogP contribution is 2.25. The molecular weight excluding hydrogens is 176 g/mol. The summed E-state index contributed by atoms with van der Waals surface area (Å²) in [4.78, 5) is 11.6. The van der Waals surface area contributed by atoms with Gasteiger partial charge in [-0.3, -0.25) is 4.79 Å². The molecule has 2 heteroatoms. The third-order valence-corrected chi connectivity index (χ3v) is 2.99. The van der Waals surface area contributed by atoms with Gasteiger partial charge in [-0.05, 0) is 32.1 Å². The van der Waals surface area contributed by atoms with Crippen LogP contribution in [0, 0.1) is 10.8 Å². The number of esters is 1. The Balaban J connectivity index is 4.10. The summed E-state index contributed by atoms with van der Waals surface area (Å²) in [5, 5.41) is 0. The van der Waals surface area contributed by atoms with E-state index < -0.39 is 0 Å². The zero-order valence-corrected chi connectivity index (χ0v) is 10.4. The molecule has 0 aromatic carbocycles. The molecule has 0 aromatic heterocycles. The normalized spacial score (nSPS) is 12.7. The Morgan fingerprint density at radius 2 is 1.57 bits per heavy atom. The molecule has 0 radical (unpaired) electrons. The van der Waals surface area contributed by atoms with Crippen LogP contribution in [0.2, 0.25) is 0 Å². The number of carbonyl (C=O) groups excluding carboxylic acids is 1. The quantitative estimate of drug-likeness (QED) is 0.636. The largest absolute Gasteiger partial charge is 0.465 e. The molecule has 0 aliphatic heterocycles. The maximum atomic E-state index is 11.6. The van der Waals surface area contributed by atoms with E-state index in [2.05, 4.69) is 20.8 Å². The predicted octanol–water partition coefficient (Wildman–Crippen LogP) is 3.40. The average Bonchev–Trinajstić information content (AvgIpc) is 2.14. The van der Waals surface area contributed by atoms with Crippen LogP contribution in [0.3, 0.4) is 0 Å². The summed E-state index contributed by atoms with van der Waals surface area (Å²) in [6.07, 6.45) is 1.84. The van der Waals surface area contributed by atoms with E-state index in [0.29, 0.717) is 6.61 Å². The molecule has 0 fully saturated rings. The number of hydrogen-bond donors (Lipinski definition) is 0. The summed E-state index contributed by atoms with van der Waals surface area (Å²) in [5.41, 5.74) is -0.247. The highest BCUT2D eigenvalue weighted by Gasteiger charge is 2.28. The molecule has 2 nitrogen and oxygen atoms in total. The van der Waals surface area contributed by atoms with Gasteiger partial charge in [0.1, 0.15) is 0 Å². The predicted molar refractivity (Wildman–Crippen MR) is 59.1 cm³/mol. The molecule has 14 heavy (non-hydrogen) atoms. The fourth-order valence-electron chi connectivity index (χ4n) is 0.703. The Morgan fingerprint density at radius 1 is 1.07 bits per heavy atom. The maximum Gasteiger partial charge on any atom is 0.311 e. The Morgan fingerprint density at radius 3 is 1.93 bits per heavy atom. The molecule has 0 aromatic rings. The fraction of sp³-hybridized carbons (Fsp3) is 0.917. The Bertz CT molecular complexity index is 192. The molecule has 0 N–H and O–H groups in total. The zero-order chi connectivity index (χ0) is 11.4. The molecule has 84 valence electrons. The summed E-state index contributed by atoms with van der Waals surface area (Å²) < 4.78 is 5.31. The van der Waals surface area contributed by atoms with Crippen molar-refractivity contribution >= 4 is 5.97 Å². The number of ether oxygens (including phenoxy) is 1. The first-order valence-corrected chi connectivity index (χ1v) is 5.42. The van der Waals surface area contributed by atoms with Crippen molar-refractivity contribution in [3.8, 4) is 0 Å². The van der Waals surface area contributed by atoms with Gasteiger partial charge in [-0.25, -0.2) is 0 Å². The molecule has 0 aliphatic rings. The lowest BCUT2D eigenvalue weighted by Gasteiger charge is -2.26. The van der Waals surface area contributed by atoms with Crippen LogP contribution >= 0.6 is 0 Å². The van der Waals surface area contributed by atoms with E-state index in [4.69, 9.17) is 4.74 Å². The van der Waals surface area contributed by atoms with Crippen LogP contribution in [-0.4, -0.2) is 12.6 Å². The lowest BCUT2D eigenvalue weighted by atomic mass is 9.89. The second-order valence-corrected chi connectivity index (χ2v) is 5.33. The van der Waals surface area contributed by atoms with Crippen molar-refractivity contribution < 1.29 is 9.53 Å². The molecule has 0 heterocycles. The number of rotatable bonds is 5. The molecule has 0 saturated heterocycles. The first-order chi connectivity index (χ1) is 6.25. The second-order valence-electron chi connectivity index (χ2n) is 5.33. The average molecular weight is 200 g/mol. The van der Waals surface area contributed by atoms with Gasteiger partial charge in [0.25, 0.3) is 0 Å². The third-order valence-electron chi connectivity index (χ3n) is 2.99. The zero-order valence-electron chi connectivity index (χ0n) is 10.4. The molecule has 0 aliphatic carbocycles. The minimum Gasteiger partial charge on any atom is -0.465 e. The molecule has 0 amide bonds. The Hall–Kier alpha value is -0.530. The highest BCUT2D eigenvalue weighted by molar-refractivity contribution is 5.75. The van der Waals surface area contributed by atoms with Crippen molar-refractivity contribution in [2.75, 3.05) is 6.61 Å². The van der Waals surface area contributed by atoms with Gasteiger partial charge in [0, 0.05) is 0 Å². The minimum atomic E-state index is -0.343. The van der Waals surface area contributed by atoms with Gasteiger partial charge in [0.05, 0.1) is 12.0 Å². The van der Waals surface area contributed by atoms with E-state index in [1.165, 1.54) is 0 Å². The van der Waals surface area contributed by atoms with Crippen molar-refractivity contribution in [1.82, 2.24) is 0 Å². The minimum absolute atomic E-state index is 0.0819. The monoisotopic (exact) mass is 200 g/mol. The summed E-state index contributed by atoms with van der Waals surface area (Å²) in [6.45, 7) is 12.7. The molecule has 0 atom stereocenters. The lowest BCUT2D eigenvalue weighted by Crippen LogP contribution is -2.30. The summed E-state index contributed by atoms with van der Waals surface area (Å²) in [7, 11) is 0. The van der Waals surface area contributed by atoms with E-state index >= 15 is 0 Å². The topological polar surface area (TPSA) is 26.3 Å². The first kappa shape index (κ1) is 13.5. The smallest absolute Gasteiger partial charge is 0.311 e. The van der Waals surface area contributed by atoms with Crippen LogP contribution in [0.4, 0.5) is 0 Å². The van der Waals surface area contributed by atoms with E-state index in [0.717, 1.165) is 12.8 Å². The second kappa shape index (κ2) is 4.81. The van der Waals surface area contributed by atoms with Crippen molar-refractivity contribution in [1.29, 1.82) is 0 Å². The van der Waals surface area contributed by atoms with Gasteiger partial charge in [-0.15, -0.1) is 0 Å². The van der Waals surface area contributed by atoms with Crippen molar-refractivity contribution in [2.24, 2.45) is 10.8 Å². The summed E-state index contributed by atoms with van der Waals surface area (Å²) >= 11 is 0. The van der Waals surface area contributed by atoms with Crippen LogP contribution in [-0.2, 0) is 9.53 Å². The maximum absolute atomic E-state index is 11.6. The van der Waals surface area contributed by atoms with Gasteiger partial charge in [0.15, 0.2) is 0 Å². The van der Waals surface area contributed by atoms with Gasteiger partial charge in [0.2, 0.25) is 0 Å². The number of carbonyl (C=O) groups is 1. The molecule has 0 unspecified atom stereocenters. The van der Waals surface area contributed by atoms with Gasteiger partial charge >= 0.3 is 5.97 Å². The molecule has 0 spiro atoms. The molecular formula is C12H24O2. The Kier molecular flexibility index (Phi) is 4.63. The van der Waals surface area contributed by atoms with Crippen LogP contribution in [0.1, 0.15) is 54.4 Å². The van der Waals surface area contributed by atoms with Crippen molar-refractivity contribution in [3.63, 3.8) is 0 Å². The van der Waals surface area contributed by atoms with Crippen LogP contribution in [0.25, 0.3) is 0 Å².